The summed E-state index contributed by atoms with van der Waals surface area (Å²) in [5, 5.41) is 15.9. The number of aromatic carboxylic acids is 1. The number of anilines is 1. The smallest absolute Gasteiger partial charge is 0.354 e. The second-order valence-corrected chi connectivity index (χ2v) is 11.4. The minimum absolute atomic E-state index is 0.0216. The third-order valence-corrected chi connectivity index (χ3v) is 9.30. The first-order valence-electron chi connectivity index (χ1n) is 14.1. The van der Waals surface area contributed by atoms with Gasteiger partial charge in [-0.1, -0.05) is 6.42 Å². The van der Waals surface area contributed by atoms with Crippen molar-refractivity contribution < 1.29 is 19.0 Å². The first kappa shape index (κ1) is 24.0. The summed E-state index contributed by atoms with van der Waals surface area (Å²) >= 11 is 0. The van der Waals surface area contributed by atoms with E-state index in [1.165, 1.54) is 25.0 Å². The monoisotopic (exact) mass is 519 g/mol. The zero-order valence-corrected chi connectivity index (χ0v) is 21.6. The fraction of sp³-hybridized carbons (Fsp3) is 0.552. The average Bonchev–Trinajstić information content (AvgIpc) is 3.50. The molecule has 0 amide bonds. The summed E-state index contributed by atoms with van der Waals surface area (Å²) in [4.78, 5) is 21.9. The topological polar surface area (TPSA) is 83.7 Å². The van der Waals surface area contributed by atoms with E-state index in [1.807, 2.05) is 0 Å². The Morgan fingerprint density at radius 1 is 1.03 bits per heavy atom. The maximum atomic E-state index is 13.7. The summed E-state index contributed by atoms with van der Waals surface area (Å²) in [6, 6.07) is 9.13. The second-order valence-electron chi connectivity index (χ2n) is 11.4. The molecule has 38 heavy (non-hydrogen) atoms. The summed E-state index contributed by atoms with van der Waals surface area (Å²) in [6.07, 6.45) is 7.78. The van der Waals surface area contributed by atoms with Gasteiger partial charge in [0.2, 0.25) is 0 Å². The van der Waals surface area contributed by atoms with E-state index in [0.29, 0.717) is 35.3 Å². The number of benzene rings is 1. The van der Waals surface area contributed by atoms with E-state index in [2.05, 4.69) is 14.8 Å². The van der Waals surface area contributed by atoms with Crippen LogP contribution in [0.4, 0.5) is 10.1 Å². The molecule has 1 aromatic carbocycles. The normalized spacial score (nSPS) is 25.0. The lowest BCUT2D eigenvalue weighted by molar-refractivity contribution is 0.0231. The number of aromatic nitrogens is 3. The molecule has 1 saturated carbocycles. The third-order valence-electron chi connectivity index (χ3n) is 9.30. The van der Waals surface area contributed by atoms with Crippen LogP contribution in [-0.4, -0.2) is 75.7 Å². The Balaban J connectivity index is 1.29. The molecule has 4 fully saturated rings. The Labute approximate surface area is 221 Å². The zero-order chi connectivity index (χ0) is 25.8. The molecule has 200 valence electrons. The van der Waals surface area contributed by atoms with E-state index < -0.39 is 5.97 Å². The maximum Gasteiger partial charge on any atom is 0.354 e. The van der Waals surface area contributed by atoms with Gasteiger partial charge in [0.15, 0.2) is 11.3 Å². The van der Waals surface area contributed by atoms with Crippen LogP contribution in [0, 0.1) is 11.7 Å². The molecule has 8 nitrogen and oxygen atoms in total. The number of carboxylic acids is 1. The zero-order valence-electron chi connectivity index (χ0n) is 21.6. The van der Waals surface area contributed by atoms with Crippen LogP contribution in [0.3, 0.4) is 0 Å². The standard InChI is InChI=1S/C29H34FN5O3/c30-20-4-6-22(7-5-20)35-28-26(27(32-35)18-2-1-3-18)25(16-23(31-28)29(36)37)33-12-9-24-19(17-33)8-13-34(24)21-10-14-38-15-11-21/h4-7,16,18-19,21,24H,1-3,8-15,17H2,(H,36,37). The fourth-order valence-corrected chi connectivity index (χ4v) is 7.12. The van der Waals surface area contributed by atoms with E-state index >= 15 is 0 Å². The quantitative estimate of drug-likeness (QED) is 0.527. The van der Waals surface area contributed by atoms with Crippen LogP contribution < -0.4 is 4.90 Å². The molecule has 0 radical (unpaired) electrons. The maximum absolute atomic E-state index is 13.7. The van der Waals surface area contributed by atoms with Crippen molar-refractivity contribution in [3.63, 3.8) is 0 Å². The number of ether oxygens (including phenoxy) is 1. The second kappa shape index (κ2) is 9.61. The molecule has 7 rings (SSSR count). The number of halogens is 1. The Hall–Kier alpha value is -3.04. The summed E-state index contributed by atoms with van der Waals surface area (Å²) in [5.41, 5.74) is 3.18. The van der Waals surface area contributed by atoms with Crippen molar-refractivity contribution in [2.75, 3.05) is 37.7 Å². The van der Waals surface area contributed by atoms with Crippen LogP contribution in [0.25, 0.3) is 16.7 Å². The minimum atomic E-state index is -1.05. The van der Waals surface area contributed by atoms with Crippen molar-refractivity contribution in [3.05, 3.63) is 47.5 Å². The SMILES string of the molecule is O=C(O)c1cc(N2CCC3C(CCN3C3CCOCC3)C2)c2c(C3CCC3)nn(-c3ccc(F)cc3)c2n1. The van der Waals surface area contributed by atoms with Crippen LogP contribution >= 0.6 is 0 Å². The number of fused-ring (bicyclic) bond motifs is 2. The van der Waals surface area contributed by atoms with Crippen LogP contribution in [0.15, 0.2) is 30.3 Å². The predicted octanol–water partition coefficient (Wildman–Crippen LogP) is 4.60. The van der Waals surface area contributed by atoms with Gasteiger partial charge in [0.25, 0.3) is 0 Å². The first-order valence-corrected chi connectivity index (χ1v) is 14.1. The van der Waals surface area contributed by atoms with Crippen LogP contribution in [0.2, 0.25) is 0 Å². The van der Waals surface area contributed by atoms with Gasteiger partial charge in [-0.2, -0.15) is 5.10 Å². The van der Waals surface area contributed by atoms with Gasteiger partial charge in [0.05, 0.1) is 22.5 Å². The summed E-state index contributed by atoms with van der Waals surface area (Å²) in [5.74, 6) is -0.476. The molecule has 1 N–H and O–H groups in total. The molecule has 9 heteroatoms. The number of pyridine rings is 1. The third kappa shape index (κ3) is 4.07. The molecule has 3 aliphatic heterocycles. The first-order chi connectivity index (χ1) is 18.6. The molecule has 0 bridgehead atoms. The van der Waals surface area contributed by atoms with Crippen molar-refractivity contribution in [1.29, 1.82) is 0 Å². The highest BCUT2D eigenvalue weighted by Crippen LogP contribution is 2.44. The highest BCUT2D eigenvalue weighted by molar-refractivity contribution is 5.98. The van der Waals surface area contributed by atoms with Crippen LogP contribution in [0.1, 0.15) is 67.0 Å². The van der Waals surface area contributed by atoms with Gasteiger partial charge in [0, 0.05) is 44.3 Å². The number of likely N-dealkylation sites (tertiary alicyclic amines) is 1. The Kier molecular flexibility index (Phi) is 6.08. The van der Waals surface area contributed by atoms with Gasteiger partial charge < -0.3 is 14.7 Å². The number of carboxylic acid groups (broad SMARTS) is 1. The number of hydrogen-bond acceptors (Lipinski definition) is 6. The minimum Gasteiger partial charge on any atom is -0.477 e. The molecular weight excluding hydrogens is 485 g/mol. The average molecular weight is 520 g/mol. The lowest BCUT2D eigenvalue weighted by Crippen LogP contribution is -2.50. The molecule has 3 aromatic rings. The van der Waals surface area contributed by atoms with Gasteiger partial charge in [0.1, 0.15) is 5.82 Å². The van der Waals surface area contributed by atoms with E-state index in [-0.39, 0.29) is 11.5 Å². The lowest BCUT2D eigenvalue weighted by Gasteiger charge is -2.42. The number of nitrogens with zero attached hydrogens (tertiary/aromatic N) is 5. The summed E-state index contributed by atoms with van der Waals surface area (Å²) < 4.78 is 21.0. The van der Waals surface area contributed by atoms with Crippen LogP contribution in [-0.2, 0) is 4.74 Å². The molecule has 0 spiro atoms. The fourth-order valence-electron chi connectivity index (χ4n) is 7.12. The van der Waals surface area contributed by atoms with Gasteiger partial charge in [-0.15, -0.1) is 0 Å². The molecule has 4 aliphatic rings. The molecule has 2 unspecified atom stereocenters. The molecule has 2 aromatic heterocycles. The molecule has 1 aliphatic carbocycles. The summed E-state index contributed by atoms with van der Waals surface area (Å²) in [6.45, 7) is 4.65. The number of carbonyl (C=O) groups is 1. The van der Waals surface area contributed by atoms with Crippen molar-refractivity contribution in [1.82, 2.24) is 19.7 Å². The highest BCUT2D eigenvalue weighted by atomic mass is 19.1. The Morgan fingerprint density at radius 2 is 1.82 bits per heavy atom. The highest BCUT2D eigenvalue weighted by Gasteiger charge is 2.42. The predicted molar refractivity (Wildman–Crippen MR) is 142 cm³/mol. The Bertz CT molecular complexity index is 1350. The lowest BCUT2D eigenvalue weighted by atomic mass is 9.81. The van der Waals surface area contributed by atoms with E-state index in [1.54, 1.807) is 22.9 Å². The van der Waals surface area contributed by atoms with Crippen molar-refractivity contribution in [2.45, 2.75) is 62.9 Å². The van der Waals surface area contributed by atoms with E-state index in [9.17, 15) is 14.3 Å². The Morgan fingerprint density at radius 3 is 2.53 bits per heavy atom. The van der Waals surface area contributed by atoms with E-state index in [4.69, 9.17) is 9.84 Å². The molecule has 2 atom stereocenters. The van der Waals surface area contributed by atoms with Crippen LogP contribution in [0.5, 0.6) is 0 Å². The molecule has 5 heterocycles. The molecule has 3 saturated heterocycles. The van der Waals surface area contributed by atoms with E-state index in [0.717, 1.165) is 81.7 Å². The number of piperidine rings is 1. The van der Waals surface area contributed by atoms with Gasteiger partial charge in [-0.05, 0) is 81.3 Å². The van der Waals surface area contributed by atoms with Crippen molar-refractivity contribution in [2.24, 2.45) is 5.92 Å². The van der Waals surface area contributed by atoms with Gasteiger partial charge in [-0.3, -0.25) is 4.90 Å². The van der Waals surface area contributed by atoms with Gasteiger partial charge in [-0.25, -0.2) is 18.9 Å². The molecular formula is C29H34FN5O3. The largest absolute Gasteiger partial charge is 0.477 e. The van der Waals surface area contributed by atoms with Crippen molar-refractivity contribution >= 4 is 22.7 Å². The number of hydrogen-bond donors (Lipinski definition) is 1. The van der Waals surface area contributed by atoms with Gasteiger partial charge >= 0.3 is 5.97 Å². The number of rotatable bonds is 5. The van der Waals surface area contributed by atoms with Crippen molar-refractivity contribution in [3.8, 4) is 5.69 Å². The summed E-state index contributed by atoms with van der Waals surface area (Å²) in [7, 11) is 0.